The number of sulfonamides is 1. The molecule has 1 fully saturated rings. The fraction of sp³-hybridized carbons (Fsp3) is 0.348. The zero-order valence-corrected chi connectivity index (χ0v) is 20.4. The van der Waals surface area contributed by atoms with Gasteiger partial charge in [-0.3, -0.25) is 9.59 Å². The highest BCUT2D eigenvalue weighted by molar-refractivity contribution is 7.89. The zero-order valence-electron chi connectivity index (χ0n) is 18.7. The normalized spacial score (nSPS) is 17.7. The van der Waals surface area contributed by atoms with Crippen LogP contribution < -0.4 is 4.80 Å². The van der Waals surface area contributed by atoms with E-state index < -0.39 is 27.7 Å². The molecule has 2 aromatic carbocycles. The van der Waals surface area contributed by atoms with Crippen molar-refractivity contribution < 1.29 is 27.1 Å². The first kappa shape index (κ1) is 24.2. The van der Waals surface area contributed by atoms with Gasteiger partial charge >= 0.3 is 5.97 Å². The number of hydrogen-bond acceptors (Lipinski definition) is 6. The Balaban J connectivity index is 1.68. The average Bonchev–Trinajstić information content (AvgIpc) is 3.17. The van der Waals surface area contributed by atoms with Crippen molar-refractivity contribution in [3.05, 3.63) is 58.6 Å². The molecule has 34 heavy (non-hydrogen) atoms. The number of ether oxygens (including phenoxy) is 1. The van der Waals surface area contributed by atoms with Crippen molar-refractivity contribution in [2.24, 2.45) is 4.99 Å². The van der Waals surface area contributed by atoms with E-state index in [0.717, 1.165) is 30.6 Å². The Morgan fingerprint density at radius 1 is 1.18 bits per heavy atom. The Hall–Kier alpha value is -2.89. The number of aromatic nitrogens is 1. The van der Waals surface area contributed by atoms with Crippen LogP contribution in [0.5, 0.6) is 0 Å². The molecule has 1 amide bonds. The first-order chi connectivity index (χ1) is 16.2. The summed E-state index contributed by atoms with van der Waals surface area (Å²) in [6, 6.07) is 9.99. The Labute approximate surface area is 200 Å². The van der Waals surface area contributed by atoms with Gasteiger partial charge in [-0.25, -0.2) is 12.8 Å². The molecule has 0 spiro atoms. The van der Waals surface area contributed by atoms with Crippen LogP contribution in [0.25, 0.3) is 10.2 Å². The molecular weight excluding hydrogens is 481 g/mol. The van der Waals surface area contributed by atoms with Crippen molar-refractivity contribution in [3.63, 3.8) is 0 Å². The number of esters is 1. The van der Waals surface area contributed by atoms with Crippen molar-refractivity contribution in [2.45, 2.75) is 43.7 Å². The van der Waals surface area contributed by atoms with Gasteiger partial charge in [-0.05, 0) is 56.2 Å². The molecule has 0 N–H and O–H groups in total. The maximum Gasteiger partial charge on any atom is 0.325 e. The summed E-state index contributed by atoms with van der Waals surface area (Å²) < 4.78 is 48.5. The number of thiazole rings is 1. The van der Waals surface area contributed by atoms with Crippen LogP contribution >= 0.6 is 11.3 Å². The van der Waals surface area contributed by atoms with Crippen molar-refractivity contribution in [1.82, 2.24) is 8.87 Å². The lowest BCUT2D eigenvalue weighted by molar-refractivity contribution is -0.141. The van der Waals surface area contributed by atoms with E-state index in [-0.39, 0.29) is 33.4 Å². The summed E-state index contributed by atoms with van der Waals surface area (Å²) in [5, 5.41) is 0. The number of para-hydroxylation sites is 1. The van der Waals surface area contributed by atoms with Gasteiger partial charge in [0.1, 0.15) is 12.4 Å². The van der Waals surface area contributed by atoms with Gasteiger partial charge in [0.05, 0.1) is 22.2 Å². The van der Waals surface area contributed by atoms with E-state index >= 15 is 0 Å². The van der Waals surface area contributed by atoms with Crippen molar-refractivity contribution >= 4 is 43.5 Å². The minimum absolute atomic E-state index is 0.0753. The molecule has 2 heterocycles. The highest BCUT2D eigenvalue weighted by Crippen LogP contribution is 2.25. The number of piperidine rings is 1. The minimum Gasteiger partial charge on any atom is -0.468 e. The molecule has 0 bridgehead atoms. The topological polar surface area (TPSA) is 98.0 Å². The van der Waals surface area contributed by atoms with Gasteiger partial charge in [-0.2, -0.15) is 9.30 Å². The molecule has 1 saturated heterocycles. The molecule has 8 nitrogen and oxygen atoms in total. The van der Waals surface area contributed by atoms with E-state index in [2.05, 4.69) is 4.99 Å². The molecule has 0 radical (unpaired) electrons. The Morgan fingerprint density at radius 2 is 1.91 bits per heavy atom. The molecule has 1 aromatic heterocycles. The molecule has 11 heteroatoms. The fourth-order valence-corrected chi connectivity index (χ4v) is 6.74. The van der Waals surface area contributed by atoms with Gasteiger partial charge in [0.15, 0.2) is 4.80 Å². The quantitative estimate of drug-likeness (QED) is 0.496. The van der Waals surface area contributed by atoms with Crippen molar-refractivity contribution in [3.8, 4) is 0 Å². The molecule has 3 aromatic rings. The van der Waals surface area contributed by atoms with E-state index in [1.807, 2.05) is 6.92 Å². The summed E-state index contributed by atoms with van der Waals surface area (Å²) in [4.78, 5) is 29.1. The number of hydrogen-bond donors (Lipinski definition) is 0. The highest BCUT2D eigenvalue weighted by Gasteiger charge is 2.31. The number of carbonyl (C=O) groups is 2. The molecule has 1 atom stereocenters. The van der Waals surface area contributed by atoms with Crippen LogP contribution in [0.2, 0.25) is 0 Å². The van der Waals surface area contributed by atoms with Gasteiger partial charge in [0, 0.05) is 18.2 Å². The van der Waals surface area contributed by atoms with Gasteiger partial charge in [-0.15, -0.1) is 0 Å². The van der Waals surface area contributed by atoms with Gasteiger partial charge in [0.25, 0.3) is 5.91 Å². The molecular formula is C23H24FN3O5S2. The molecule has 1 aliphatic heterocycles. The minimum atomic E-state index is -3.66. The van der Waals surface area contributed by atoms with Gasteiger partial charge in [0.2, 0.25) is 10.0 Å². The molecule has 1 aliphatic rings. The van der Waals surface area contributed by atoms with Crippen molar-refractivity contribution in [1.29, 1.82) is 0 Å². The summed E-state index contributed by atoms with van der Waals surface area (Å²) in [5.41, 5.74) is 0.328. The molecule has 1 unspecified atom stereocenters. The third-order valence-electron chi connectivity index (χ3n) is 5.81. The zero-order chi connectivity index (χ0) is 24.5. The number of halogens is 1. The van der Waals surface area contributed by atoms with Gasteiger partial charge in [-0.1, -0.05) is 23.8 Å². The third-order valence-corrected chi connectivity index (χ3v) is 8.89. The maximum atomic E-state index is 14.5. The number of carbonyl (C=O) groups excluding carboxylic acids is 2. The molecule has 0 saturated carbocycles. The number of nitrogens with zero attached hydrogens (tertiary/aromatic N) is 3. The summed E-state index contributed by atoms with van der Waals surface area (Å²) >= 11 is 1.07. The molecule has 0 aliphatic carbocycles. The number of methoxy groups -OCH3 is 1. The summed E-state index contributed by atoms with van der Waals surface area (Å²) in [6.45, 7) is 2.06. The Kier molecular flexibility index (Phi) is 6.96. The summed E-state index contributed by atoms with van der Waals surface area (Å²) in [6.07, 6.45) is 2.64. The lowest BCUT2D eigenvalue weighted by Gasteiger charge is -2.32. The van der Waals surface area contributed by atoms with Crippen LogP contribution in [0.4, 0.5) is 4.39 Å². The molecule has 4 rings (SSSR count). The fourth-order valence-electron chi connectivity index (χ4n) is 4.00. The predicted molar refractivity (Wildman–Crippen MR) is 125 cm³/mol. The SMILES string of the molecule is COC(=O)Cn1c(=NC(=O)c2ccc(S(=O)(=O)N3CCCCC3C)cc2)sc2cccc(F)c21. The van der Waals surface area contributed by atoms with E-state index in [4.69, 9.17) is 4.74 Å². The first-order valence-electron chi connectivity index (χ1n) is 10.8. The second-order valence-electron chi connectivity index (χ2n) is 8.04. The van der Waals surface area contributed by atoms with Crippen LogP contribution in [-0.2, 0) is 26.1 Å². The van der Waals surface area contributed by atoms with Crippen molar-refractivity contribution in [2.75, 3.05) is 13.7 Å². The lowest BCUT2D eigenvalue weighted by atomic mass is 10.1. The Bertz CT molecular complexity index is 1410. The monoisotopic (exact) mass is 505 g/mol. The number of fused-ring (bicyclic) bond motifs is 1. The second-order valence-corrected chi connectivity index (χ2v) is 10.9. The third kappa shape index (κ3) is 4.68. The summed E-state index contributed by atoms with van der Waals surface area (Å²) in [5.74, 6) is -1.80. The van der Waals surface area contributed by atoms with E-state index in [1.54, 1.807) is 6.07 Å². The largest absolute Gasteiger partial charge is 0.468 e. The molecule has 180 valence electrons. The van der Waals surface area contributed by atoms with Gasteiger partial charge < -0.3 is 9.30 Å². The lowest BCUT2D eigenvalue weighted by Crippen LogP contribution is -2.41. The van der Waals surface area contributed by atoms with Crippen LogP contribution in [0.15, 0.2) is 52.4 Å². The number of rotatable bonds is 5. The van der Waals surface area contributed by atoms with Crippen LogP contribution in [0.3, 0.4) is 0 Å². The second kappa shape index (κ2) is 9.77. The average molecular weight is 506 g/mol. The standard InChI is InChI=1S/C23H24FN3O5S2/c1-15-6-3-4-13-27(15)34(30,31)17-11-9-16(10-12-17)22(29)25-23-26(14-20(28)32-2)21-18(24)7-5-8-19(21)33-23/h5,7-12,15H,3-4,6,13-14H2,1-2H3. The number of amides is 1. The van der Waals surface area contributed by atoms with Crippen LogP contribution in [-0.4, -0.2) is 48.9 Å². The first-order valence-corrected chi connectivity index (χ1v) is 13.0. The van der Waals surface area contributed by atoms with Crippen LogP contribution in [0.1, 0.15) is 36.5 Å². The van der Waals surface area contributed by atoms with Crippen LogP contribution in [0, 0.1) is 5.82 Å². The number of benzene rings is 2. The van der Waals surface area contributed by atoms with E-state index in [1.165, 1.54) is 52.4 Å². The highest BCUT2D eigenvalue weighted by atomic mass is 32.2. The smallest absolute Gasteiger partial charge is 0.325 e. The predicted octanol–water partition coefficient (Wildman–Crippen LogP) is 3.32. The maximum absolute atomic E-state index is 14.5. The van der Waals surface area contributed by atoms with E-state index in [0.29, 0.717) is 11.2 Å². The van der Waals surface area contributed by atoms with E-state index in [9.17, 15) is 22.4 Å². The summed E-state index contributed by atoms with van der Waals surface area (Å²) in [7, 11) is -2.44. The Morgan fingerprint density at radius 3 is 2.59 bits per heavy atom.